The van der Waals surface area contributed by atoms with Gasteiger partial charge in [0, 0.05) is 55.2 Å². The Bertz CT molecular complexity index is 1370. The molecular weight excluding hydrogens is 390 g/mol. The van der Waals surface area contributed by atoms with Gasteiger partial charge in [-0.05, 0) is 51.4 Å². The Kier molecular flexibility index (Phi) is 4.14. The van der Waals surface area contributed by atoms with E-state index in [0.29, 0.717) is 22.9 Å². The van der Waals surface area contributed by atoms with Gasteiger partial charge >= 0.3 is 5.63 Å². The fourth-order valence-corrected chi connectivity index (χ4v) is 5.13. The van der Waals surface area contributed by atoms with Crippen LogP contribution in [0.1, 0.15) is 24.2 Å². The molecule has 7 heteroatoms. The maximum absolute atomic E-state index is 12.8. The monoisotopic (exact) mass is 415 g/mol. The van der Waals surface area contributed by atoms with Gasteiger partial charge in [0.05, 0.1) is 22.6 Å². The second-order valence-electron chi connectivity index (χ2n) is 8.77. The van der Waals surface area contributed by atoms with Crippen LogP contribution in [0.2, 0.25) is 0 Å². The molecule has 2 aliphatic heterocycles. The van der Waals surface area contributed by atoms with Crippen molar-refractivity contribution in [3.8, 4) is 11.3 Å². The molecule has 0 unspecified atom stereocenters. The van der Waals surface area contributed by atoms with Crippen LogP contribution in [0.3, 0.4) is 0 Å². The number of benzene rings is 1. The molecule has 1 aromatic carbocycles. The minimum Gasteiger partial charge on any atom is -0.422 e. The quantitative estimate of drug-likeness (QED) is 0.468. The molecular formula is C24H25N5O2. The summed E-state index contributed by atoms with van der Waals surface area (Å²) in [5, 5.41) is 0.904. The summed E-state index contributed by atoms with van der Waals surface area (Å²) in [4.78, 5) is 27.0. The van der Waals surface area contributed by atoms with Gasteiger partial charge < -0.3 is 13.7 Å². The zero-order chi connectivity index (χ0) is 21.1. The van der Waals surface area contributed by atoms with Crippen molar-refractivity contribution in [1.82, 2.24) is 19.3 Å². The molecule has 0 saturated carbocycles. The largest absolute Gasteiger partial charge is 0.422 e. The van der Waals surface area contributed by atoms with Gasteiger partial charge in [0.2, 0.25) is 0 Å². The topological polar surface area (TPSA) is 66.9 Å². The summed E-state index contributed by atoms with van der Waals surface area (Å²) >= 11 is 0. The third kappa shape index (κ3) is 3.11. The maximum Gasteiger partial charge on any atom is 0.345 e. The Labute approximate surface area is 179 Å². The van der Waals surface area contributed by atoms with Crippen LogP contribution in [0.5, 0.6) is 0 Å². The number of piperazine rings is 1. The van der Waals surface area contributed by atoms with Crippen LogP contribution in [0, 0.1) is 13.8 Å². The second-order valence-corrected chi connectivity index (χ2v) is 8.77. The van der Waals surface area contributed by atoms with Crippen molar-refractivity contribution in [3.63, 3.8) is 0 Å². The van der Waals surface area contributed by atoms with Crippen molar-refractivity contribution in [2.45, 2.75) is 32.7 Å². The summed E-state index contributed by atoms with van der Waals surface area (Å²) in [6.07, 6.45) is 6.35. The smallest absolute Gasteiger partial charge is 0.345 e. The number of aryl methyl sites for hydroxylation is 2. The zero-order valence-electron chi connectivity index (χ0n) is 17.8. The first-order valence-electron chi connectivity index (χ1n) is 11.0. The highest BCUT2D eigenvalue weighted by atomic mass is 16.4. The molecule has 0 radical (unpaired) electrons. The second kappa shape index (κ2) is 6.92. The summed E-state index contributed by atoms with van der Waals surface area (Å²) in [6.45, 7) is 8.26. The van der Waals surface area contributed by atoms with Crippen molar-refractivity contribution in [3.05, 3.63) is 58.5 Å². The predicted octanol–water partition coefficient (Wildman–Crippen LogP) is 3.40. The molecule has 158 valence electrons. The van der Waals surface area contributed by atoms with E-state index in [1.807, 2.05) is 48.8 Å². The van der Waals surface area contributed by atoms with Gasteiger partial charge in [0.25, 0.3) is 0 Å². The summed E-state index contributed by atoms with van der Waals surface area (Å²) in [5.41, 5.74) is 4.96. The van der Waals surface area contributed by atoms with E-state index in [1.165, 1.54) is 19.4 Å². The van der Waals surface area contributed by atoms with Gasteiger partial charge in [-0.3, -0.25) is 9.88 Å². The number of fused-ring (bicyclic) bond motifs is 3. The lowest BCUT2D eigenvalue weighted by Gasteiger charge is -2.38. The minimum atomic E-state index is -0.365. The highest BCUT2D eigenvalue weighted by Crippen LogP contribution is 2.29. The van der Waals surface area contributed by atoms with Crippen LogP contribution in [0.25, 0.3) is 27.9 Å². The van der Waals surface area contributed by atoms with Crippen LogP contribution < -0.4 is 10.5 Å². The molecule has 2 saturated heterocycles. The number of imidazole rings is 1. The number of anilines is 1. The van der Waals surface area contributed by atoms with Gasteiger partial charge in [-0.15, -0.1) is 0 Å². The lowest BCUT2D eigenvalue weighted by Crippen LogP contribution is -2.50. The fourth-order valence-electron chi connectivity index (χ4n) is 5.13. The normalized spacial score (nSPS) is 19.4. The van der Waals surface area contributed by atoms with Crippen molar-refractivity contribution in [2.24, 2.45) is 0 Å². The molecule has 0 spiro atoms. The lowest BCUT2D eigenvalue weighted by molar-refractivity contribution is 0.231. The summed E-state index contributed by atoms with van der Waals surface area (Å²) < 4.78 is 7.68. The van der Waals surface area contributed by atoms with Crippen molar-refractivity contribution in [2.75, 3.05) is 31.1 Å². The first-order valence-corrected chi connectivity index (χ1v) is 11.0. The van der Waals surface area contributed by atoms with E-state index in [0.717, 1.165) is 47.7 Å². The number of aromatic nitrogens is 3. The minimum absolute atomic E-state index is 0.365. The Morgan fingerprint density at radius 1 is 1.06 bits per heavy atom. The van der Waals surface area contributed by atoms with Gasteiger partial charge in [-0.1, -0.05) is 0 Å². The van der Waals surface area contributed by atoms with Gasteiger partial charge in [-0.25, -0.2) is 9.78 Å². The van der Waals surface area contributed by atoms with E-state index in [4.69, 9.17) is 4.42 Å². The molecule has 31 heavy (non-hydrogen) atoms. The first kappa shape index (κ1) is 18.6. The summed E-state index contributed by atoms with van der Waals surface area (Å²) in [6, 6.07) is 8.72. The average Bonchev–Trinajstić information content (AvgIpc) is 3.39. The molecule has 2 fully saturated rings. The molecule has 0 N–H and O–H groups in total. The Morgan fingerprint density at radius 2 is 1.97 bits per heavy atom. The van der Waals surface area contributed by atoms with E-state index >= 15 is 0 Å². The van der Waals surface area contributed by atoms with Crippen LogP contribution in [0.4, 0.5) is 5.69 Å². The van der Waals surface area contributed by atoms with E-state index in [9.17, 15) is 4.79 Å². The van der Waals surface area contributed by atoms with E-state index in [1.54, 1.807) is 0 Å². The van der Waals surface area contributed by atoms with E-state index in [-0.39, 0.29) is 5.63 Å². The van der Waals surface area contributed by atoms with Crippen molar-refractivity contribution in [1.29, 1.82) is 0 Å². The molecule has 7 nitrogen and oxygen atoms in total. The third-order valence-electron chi connectivity index (χ3n) is 6.67. The van der Waals surface area contributed by atoms with Crippen LogP contribution in [-0.4, -0.2) is 51.5 Å². The molecule has 0 amide bonds. The summed E-state index contributed by atoms with van der Waals surface area (Å²) in [7, 11) is 0. The van der Waals surface area contributed by atoms with Crippen molar-refractivity contribution >= 4 is 22.3 Å². The van der Waals surface area contributed by atoms with Crippen LogP contribution >= 0.6 is 0 Å². The zero-order valence-corrected chi connectivity index (χ0v) is 17.8. The predicted molar refractivity (Wildman–Crippen MR) is 121 cm³/mol. The Hall–Kier alpha value is -3.19. The molecule has 0 bridgehead atoms. The Morgan fingerprint density at radius 3 is 2.87 bits per heavy atom. The Balaban J connectivity index is 1.37. The van der Waals surface area contributed by atoms with Gasteiger partial charge in [-0.2, -0.15) is 0 Å². The molecule has 4 aromatic rings. The number of rotatable bonds is 2. The lowest BCUT2D eigenvalue weighted by atomic mass is 10.1. The van der Waals surface area contributed by atoms with Crippen molar-refractivity contribution < 1.29 is 4.42 Å². The third-order valence-corrected chi connectivity index (χ3v) is 6.67. The SMILES string of the molecule is Cc1cn2cc(-c3cc4ccc(N5CCN6CCC[C@H]6C5)cc4oc3=O)nc2c(C)n1. The standard InChI is InChI=1S/C24H25N5O2/c1-15-12-29-14-21(26-23(29)16(2)25-15)20-10-17-5-6-18(11-22(17)31-24(20)30)28-9-8-27-7-3-4-19(27)13-28/h5-6,10-12,14,19H,3-4,7-9,13H2,1-2H3/t19-/m0/s1. The number of hydrogen-bond acceptors (Lipinski definition) is 6. The van der Waals surface area contributed by atoms with Gasteiger partial charge in [0.1, 0.15) is 5.58 Å². The number of hydrogen-bond donors (Lipinski definition) is 0. The molecule has 2 aliphatic rings. The highest BCUT2D eigenvalue weighted by molar-refractivity contribution is 5.84. The van der Waals surface area contributed by atoms with E-state index < -0.39 is 0 Å². The molecule has 3 aromatic heterocycles. The molecule has 6 rings (SSSR count). The fraction of sp³-hybridized carbons (Fsp3) is 0.375. The van der Waals surface area contributed by atoms with Crippen LogP contribution in [0.15, 0.2) is 45.9 Å². The number of nitrogens with zero attached hydrogens (tertiary/aromatic N) is 5. The molecule has 1 atom stereocenters. The first-order chi connectivity index (χ1) is 15.0. The summed E-state index contributed by atoms with van der Waals surface area (Å²) in [5.74, 6) is 0. The maximum atomic E-state index is 12.8. The molecule has 5 heterocycles. The van der Waals surface area contributed by atoms with E-state index in [2.05, 4.69) is 25.8 Å². The van der Waals surface area contributed by atoms with Gasteiger partial charge in [0.15, 0.2) is 5.65 Å². The van der Waals surface area contributed by atoms with Crippen LogP contribution in [-0.2, 0) is 0 Å². The molecule has 0 aliphatic carbocycles. The highest BCUT2D eigenvalue weighted by Gasteiger charge is 2.30. The average molecular weight is 415 g/mol.